The zero-order valence-corrected chi connectivity index (χ0v) is 10.5. The summed E-state index contributed by atoms with van der Waals surface area (Å²) >= 11 is 0. The SMILES string of the molecule is CC(C)(C)OC(=O)N[C@@H]1C=CCO[C@H]1OC(=O)O. The van der Waals surface area contributed by atoms with Crippen molar-refractivity contribution in [2.75, 3.05) is 6.61 Å². The van der Waals surface area contributed by atoms with Crippen LogP contribution in [0.1, 0.15) is 20.8 Å². The van der Waals surface area contributed by atoms with Crippen molar-refractivity contribution >= 4 is 12.2 Å². The van der Waals surface area contributed by atoms with E-state index in [1.165, 1.54) is 0 Å². The van der Waals surface area contributed by atoms with Crippen molar-refractivity contribution in [3.63, 3.8) is 0 Å². The number of alkyl carbamates (subject to hydrolysis) is 1. The number of carbonyl (C=O) groups excluding carboxylic acids is 1. The Labute approximate surface area is 105 Å². The predicted molar refractivity (Wildman–Crippen MR) is 61.1 cm³/mol. The summed E-state index contributed by atoms with van der Waals surface area (Å²) in [5, 5.41) is 11.0. The van der Waals surface area contributed by atoms with Crippen molar-refractivity contribution in [1.82, 2.24) is 5.32 Å². The summed E-state index contributed by atoms with van der Waals surface area (Å²) in [6.45, 7) is 5.41. The number of rotatable bonds is 2. The number of nitrogens with one attached hydrogen (secondary N) is 1. The number of carbonyl (C=O) groups is 2. The minimum absolute atomic E-state index is 0.227. The third kappa shape index (κ3) is 5.05. The summed E-state index contributed by atoms with van der Waals surface area (Å²) in [4.78, 5) is 22.0. The van der Waals surface area contributed by atoms with Crippen LogP contribution in [0.5, 0.6) is 0 Å². The lowest BCUT2D eigenvalue weighted by atomic mass is 10.2. The Morgan fingerprint density at radius 3 is 2.67 bits per heavy atom. The van der Waals surface area contributed by atoms with Crippen molar-refractivity contribution in [3.8, 4) is 0 Å². The first-order valence-electron chi connectivity index (χ1n) is 5.45. The molecule has 18 heavy (non-hydrogen) atoms. The second kappa shape index (κ2) is 5.72. The van der Waals surface area contributed by atoms with E-state index in [1.807, 2.05) is 0 Å². The second-order valence-electron chi connectivity index (χ2n) is 4.69. The van der Waals surface area contributed by atoms with Crippen LogP contribution in [0.15, 0.2) is 12.2 Å². The molecule has 2 N–H and O–H groups in total. The molecule has 0 aromatic rings. The predicted octanol–water partition coefficient (Wildman–Crippen LogP) is 1.49. The molecule has 2 atom stereocenters. The van der Waals surface area contributed by atoms with Gasteiger partial charge in [0.25, 0.3) is 0 Å². The normalized spacial score (nSPS) is 23.3. The summed E-state index contributed by atoms with van der Waals surface area (Å²) in [5.74, 6) is 0. The molecule has 7 nitrogen and oxygen atoms in total. The molecule has 102 valence electrons. The van der Waals surface area contributed by atoms with Gasteiger partial charge in [0, 0.05) is 0 Å². The first kappa shape index (κ1) is 14.3. The van der Waals surface area contributed by atoms with Crippen molar-refractivity contribution < 1.29 is 28.9 Å². The maximum Gasteiger partial charge on any atom is 0.508 e. The van der Waals surface area contributed by atoms with E-state index in [-0.39, 0.29) is 6.61 Å². The fourth-order valence-corrected chi connectivity index (χ4v) is 1.31. The molecule has 0 saturated heterocycles. The van der Waals surface area contributed by atoms with Gasteiger partial charge in [0.1, 0.15) is 11.6 Å². The molecule has 1 aliphatic heterocycles. The number of ether oxygens (including phenoxy) is 3. The molecule has 1 aliphatic rings. The van der Waals surface area contributed by atoms with E-state index in [2.05, 4.69) is 10.1 Å². The lowest BCUT2D eigenvalue weighted by molar-refractivity contribution is -0.123. The third-order valence-corrected chi connectivity index (χ3v) is 1.89. The molecule has 0 aromatic heterocycles. The molecule has 1 rings (SSSR count). The zero-order valence-electron chi connectivity index (χ0n) is 10.5. The summed E-state index contributed by atoms with van der Waals surface area (Å²) in [6.07, 6.45) is 0.0538. The summed E-state index contributed by atoms with van der Waals surface area (Å²) in [7, 11) is 0. The second-order valence-corrected chi connectivity index (χ2v) is 4.69. The Balaban J connectivity index is 2.56. The van der Waals surface area contributed by atoms with Crippen LogP contribution in [0.4, 0.5) is 9.59 Å². The molecular formula is C11H17NO6. The van der Waals surface area contributed by atoms with Gasteiger partial charge in [-0.25, -0.2) is 9.59 Å². The zero-order chi connectivity index (χ0) is 13.8. The lowest BCUT2D eigenvalue weighted by Gasteiger charge is -2.28. The molecule has 0 unspecified atom stereocenters. The van der Waals surface area contributed by atoms with E-state index < -0.39 is 30.2 Å². The molecule has 0 spiro atoms. The molecule has 0 bridgehead atoms. The Bertz CT molecular complexity index is 346. The molecule has 0 fully saturated rings. The van der Waals surface area contributed by atoms with Gasteiger partial charge in [-0.05, 0) is 20.8 Å². The fourth-order valence-electron chi connectivity index (χ4n) is 1.31. The Hall–Kier alpha value is -1.76. The van der Waals surface area contributed by atoms with Crippen LogP contribution in [0.25, 0.3) is 0 Å². The van der Waals surface area contributed by atoms with Crippen molar-refractivity contribution in [3.05, 3.63) is 12.2 Å². The average molecular weight is 259 g/mol. The van der Waals surface area contributed by atoms with Gasteiger partial charge in [-0.15, -0.1) is 0 Å². The smallest absolute Gasteiger partial charge is 0.450 e. The van der Waals surface area contributed by atoms with E-state index in [0.717, 1.165) is 0 Å². The Morgan fingerprint density at radius 2 is 2.11 bits per heavy atom. The van der Waals surface area contributed by atoms with E-state index in [0.29, 0.717) is 0 Å². The highest BCUT2D eigenvalue weighted by molar-refractivity contribution is 5.68. The molecule has 0 aliphatic carbocycles. The van der Waals surface area contributed by atoms with Crippen LogP contribution < -0.4 is 5.32 Å². The van der Waals surface area contributed by atoms with Gasteiger partial charge in [0.05, 0.1) is 6.61 Å². The minimum Gasteiger partial charge on any atom is -0.450 e. The standard InChI is InChI=1S/C11H17NO6/c1-11(2,3)18-9(13)12-7-5-4-6-16-8(7)17-10(14)15/h4-5,7-8H,6H2,1-3H3,(H,12,13)(H,14,15)/t7-,8+/m1/s1. The van der Waals surface area contributed by atoms with E-state index in [9.17, 15) is 9.59 Å². The topological polar surface area (TPSA) is 94.1 Å². The number of hydrogen-bond acceptors (Lipinski definition) is 5. The van der Waals surface area contributed by atoms with Gasteiger partial charge in [0.2, 0.25) is 6.29 Å². The van der Waals surface area contributed by atoms with Crippen LogP contribution in [-0.4, -0.2) is 41.9 Å². The molecule has 0 radical (unpaired) electrons. The van der Waals surface area contributed by atoms with Crippen molar-refractivity contribution in [1.29, 1.82) is 0 Å². The lowest BCUT2D eigenvalue weighted by Crippen LogP contribution is -2.48. The fraction of sp³-hybridized carbons (Fsp3) is 0.636. The quantitative estimate of drug-likeness (QED) is 0.576. The van der Waals surface area contributed by atoms with Gasteiger partial charge in [-0.2, -0.15) is 0 Å². The van der Waals surface area contributed by atoms with Gasteiger partial charge < -0.3 is 24.6 Å². The molecule has 1 heterocycles. The first-order valence-corrected chi connectivity index (χ1v) is 5.45. The number of amides is 1. The molecule has 1 amide bonds. The van der Waals surface area contributed by atoms with Gasteiger partial charge in [-0.3, -0.25) is 0 Å². The van der Waals surface area contributed by atoms with Crippen LogP contribution in [0, 0.1) is 0 Å². The average Bonchev–Trinajstić information content (AvgIpc) is 2.17. The van der Waals surface area contributed by atoms with Gasteiger partial charge >= 0.3 is 12.2 Å². The first-order chi connectivity index (χ1) is 8.28. The van der Waals surface area contributed by atoms with Crippen LogP contribution >= 0.6 is 0 Å². The Kier molecular flexibility index (Phi) is 4.55. The van der Waals surface area contributed by atoms with Crippen LogP contribution in [0.3, 0.4) is 0 Å². The maximum absolute atomic E-state index is 11.5. The van der Waals surface area contributed by atoms with Crippen LogP contribution in [-0.2, 0) is 14.2 Å². The van der Waals surface area contributed by atoms with E-state index >= 15 is 0 Å². The van der Waals surface area contributed by atoms with E-state index in [4.69, 9.17) is 14.6 Å². The van der Waals surface area contributed by atoms with Crippen molar-refractivity contribution in [2.24, 2.45) is 0 Å². The number of carboxylic acid groups (broad SMARTS) is 1. The highest BCUT2D eigenvalue weighted by Gasteiger charge is 2.29. The van der Waals surface area contributed by atoms with E-state index in [1.54, 1.807) is 32.9 Å². The third-order valence-electron chi connectivity index (χ3n) is 1.89. The summed E-state index contributed by atoms with van der Waals surface area (Å²) in [5.41, 5.74) is -0.632. The minimum atomic E-state index is -1.47. The van der Waals surface area contributed by atoms with Gasteiger partial charge in [-0.1, -0.05) is 12.2 Å². The summed E-state index contributed by atoms with van der Waals surface area (Å²) < 4.78 is 14.6. The molecule has 0 aromatic carbocycles. The van der Waals surface area contributed by atoms with Crippen molar-refractivity contribution in [2.45, 2.75) is 38.7 Å². The molecule has 7 heteroatoms. The largest absolute Gasteiger partial charge is 0.508 e. The highest BCUT2D eigenvalue weighted by atomic mass is 16.8. The number of hydrogen-bond donors (Lipinski definition) is 2. The summed E-state index contributed by atoms with van der Waals surface area (Å²) in [6, 6.07) is -0.704. The molecule has 0 saturated carbocycles. The monoisotopic (exact) mass is 259 g/mol. The van der Waals surface area contributed by atoms with Gasteiger partial charge in [0.15, 0.2) is 0 Å². The van der Waals surface area contributed by atoms with Crippen LogP contribution in [0.2, 0.25) is 0 Å². The Morgan fingerprint density at radius 1 is 1.44 bits per heavy atom. The highest BCUT2D eigenvalue weighted by Crippen LogP contribution is 2.12. The maximum atomic E-state index is 11.5. The molecular weight excluding hydrogens is 242 g/mol.